The van der Waals surface area contributed by atoms with Crippen molar-refractivity contribution in [2.75, 3.05) is 5.32 Å². The summed E-state index contributed by atoms with van der Waals surface area (Å²) in [5.74, 6) is -0.774. The van der Waals surface area contributed by atoms with E-state index in [0.29, 0.717) is 16.8 Å². The van der Waals surface area contributed by atoms with Crippen molar-refractivity contribution in [1.29, 1.82) is 5.26 Å². The molecular weight excluding hydrogens is 282 g/mol. The second kappa shape index (κ2) is 6.50. The van der Waals surface area contributed by atoms with Gasteiger partial charge in [-0.2, -0.15) is 5.26 Å². The molecule has 0 saturated heterocycles. The minimum absolute atomic E-state index is 0.0221. The molecule has 0 aliphatic carbocycles. The number of nitro benzene ring substituents is 1. The number of nitriles is 1. The number of amides is 1. The molecule has 0 aliphatic heterocycles. The first-order valence-corrected chi connectivity index (χ1v) is 6.57. The molecule has 2 aromatic carbocycles. The quantitative estimate of drug-likeness (QED) is 0.692. The van der Waals surface area contributed by atoms with Gasteiger partial charge in [-0.3, -0.25) is 14.9 Å². The van der Waals surface area contributed by atoms with Crippen molar-refractivity contribution >= 4 is 17.3 Å². The number of anilines is 1. The largest absolute Gasteiger partial charge is 0.324 e. The highest BCUT2D eigenvalue weighted by Crippen LogP contribution is 2.22. The molecule has 2 aromatic rings. The number of nitrogens with one attached hydrogen (secondary N) is 1. The monoisotopic (exact) mass is 295 g/mol. The van der Waals surface area contributed by atoms with Crippen LogP contribution >= 0.6 is 0 Å². The topological polar surface area (TPSA) is 96.0 Å². The Morgan fingerprint density at radius 3 is 2.45 bits per heavy atom. The van der Waals surface area contributed by atoms with Crippen LogP contribution < -0.4 is 5.32 Å². The molecule has 0 unspecified atom stereocenters. The maximum absolute atomic E-state index is 12.2. The molecule has 0 bridgehead atoms. The van der Waals surface area contributed by atoms with Crippen LogP contribution in [0.3, 0.4) is 0 Å². The Kier molecular flexibility index (Phi) is 4.49. The fourth-order valence-electron chi connectivity index (χ4n) is 1.97. The Hall–Kier alpha value is -3.20. The van der Waals surface area contributed by atoms with Crippen molar-refractivity contribution in [3.05, 3.63) is 69.8 Å². The van der Waals surface area contributed by atoms with E-state index in [1.807, 2.05) is 6.07 Å². The number of nitro groups is 1. The van der Waals surface area contributed by atoms with Crippen molar-refractivity contribution in [2.24, 2.45) is 0 Å². The van der Waals surface area contributed by atoms with Gasteiger partial charge in [-0.1, -0.05) is 24.3 Å². The molecule has 1 N–H and O–H groups in total. The summed E-state index contributed by atoms with van der Waals surface area (Å²) < 4.78 is 0. The zero-order valence-corrected chi connectivity index (χ0v) is 11.8. The zero-order valence-electron chi connectivity index (χ0n) is 11.8. The number of carbonyl (C=O) groups is 1. The summed E-state index contributed by atoms with van der Waals surface area (Å²) in [6.45, 7) is 1.70. The lowest BCUT2D eigenvalue weighted by Crippen LogP contribution is -2.19. The first-order valence-electron chi connectivity index (χ1n) is 6.57. The first-order chi connectivity index (χ1) is 10.5. The van der Waals surface area contributed by atoms with Gasteiger partial charge in [0.1, 0.15) is 6.07 Å². The maximum Gasteiger partial charge on any atom is 0.269 e. The highest BCUT2D eigenvalue weighted by molar-refractivity contribution is 5.96. The van der Waals surface area contributed by atoms with Gasteiger partial charge in [0.25, 0.3) is 5.69 Å². The van der Waals surface area contributed by atoms with E-state index in [4.69, 9.17) is 5.26 Å². The lowest BCUT2D eigenvalue weighted by atomic mass is 10.00. The van der Waals surface area contributed by atoms with Gasteiger partial charge in [-0.05, 0) is 24.6 Å². The second-order valence-electron chi connectivity index (χ2n) is 4.72. The van der Waals surface area contributed by atoms with Gasteiger partial charge in [0.05, 0.1) is 22.1 Å². The summed E-state index contributed by atoms with van der Waals surface area (Å²) in [6.07, 6.45) is 0. The van der Waals surface area contributed by atoms with Crippen molar-refractivity contribution in [3.8, 4) is 6.07 Å². The Balaban J connectivity index is 2.15. The molecule has 2 rings (SSSR count). The third kappa shape index (κ3) is 3.27. The zero-order chi connectivity index (χ0) is 16.1. The second-order valence-corrected chi connectivity index (χ2v) is 4.72. The summed E-state index contributed by atoms with van der Waals surface area (Å²) in [6, 6.07) is 14.6. The lowest BCUT2D eigenvalue weighted by molar-refractivity contribution is -0.384. The number of carbonyl (C=O) groups excluding carboxylic acids is 1. The Labute approximate surface area is 127 Å². The number of rotatable bonds is 4. The number of hydrogen-bond acceptors (Lipinski definition) is 4. The van der Waals surface area contributed by atoms with Gasteiger partial charge in [0.2, 0.25) is 5.91 Å². The van der Waals surface area contributed by atoms with E-state index < -0.39 is 10.8 Å². The Bertz CT molecular complexity index is 748. The van der Waals surface area contributed by atoms with Gasteiger partial charge < -0.3 is 5.32 Å². The van der Waals surface area contributed by atoms with E-state index in [2.05, 4.69) is 5.32 Å². The molecule has 6 heteroatoms. The first kappa shape index (κ1) is 15.2. The number of non-ortho nitro benzene ring substituents is 1. The van der Waals surface area contributed by atoms with Crippen molar-refractivity contribution in [3.63, 3.8) is 0 Å². The molecule has 1 amide bonds. The molecule has 6 nitrogen and oxygen atoms in total. The maximum atomic E-state index is 12.2. The van der Waals surface area contributed by atoms with Crippen LogP contribution in [-0.4, -0.2) is 10.8 Å². The number of hydrogen-bond donors (Lipinski definition) is 1. The molecule has 0 saturated carbocycles. The molecule has 0 heterocycles. The highest BCUT2D eigenvalue weighted by atomic mass is 16.6. The molecule has 0 radical (unpaired) electrons. The van der Waals surface area contributed by atoms with E-state index in [9.17, 15) is 14.9 Å². The predicted molar refractivity (Wildman–Crippen MR) is 81.3 cm³/mol. The van der Waals surface area contributed by atoms with Crippen LogP contribution in [-0.2, 0) is 4.79 Å². The van der Waals surface area contributed by atoms with Gasteiger partial charge in [-0.25, -0.2) is 0 Å². The average Bonchev–Trinajstić information content (AvgIpc) is 2.54. The van der Waals surface area contributed by atoms with Gasteiger partial charge >= 0.3 is 0 Å². The van der Waals surface area contributed by atoms with Gasteiger partial charge in [-0.15, -0.1) is 0 Å². The van der Waals surface area contributed by atoms with Crippen LogP contribution in [0.2, 0.25) is 0 Å². The van der Waals surface area contributed by atoms with Crippen molar-refractivity contribution in [1.82, 2.24) is 0 Å². The van der Waals surface area contributed by atoms with Gasteiger partial charge in [0.15, 0.2) is 0 Å². The smallest absolute Gasteiger partial charge is 0.269 e. The molecule has 0 spiro atoms. The fraction of sp³-hybridized carbons (Fsp3) is 0.125. The summed E-state index contributed by atoms with van der Waals surface area (Å²) in [5.41, 5.74) is 1.47. The van der Waals surface area contributed by atoms with E-state index >= 15 is 0 Å². The van der Waals surface area contributed by atoms with E-state index in [0.717, 1.165) is 0 Å². The normalized spacial score (nSPS) is 11.3. The Morgan fingerprint density at radius 2 is 1.86 bits per heavy atom. The minimum atomic E-state index is -0.493. The van der Waals surface area contributed by atoms with Crippen molar-refractivity contribution in [2.45, 2.75) is 12.8 Å². The molecule has 0 aromatic heterocycles. The summed E-state index contributed by atoms with van der Waals surface area (Å²) in [7, 11) is 0. The highest BCUT2D eigenvalue weighted by Gasteiger charge is 2.17. The van der Waals surface area contributed by atoms with Gasteiger partial charge in [0, 0.05) is 12.1 Å². The third-order valence-electron chi connectivity index (χ3n) is 3.30. The van der Waals surface area contributed by atoms with E-state index in [1.54, 1.807) is 43.3 Å². The number of nitrogens with zero attached hydrogens (tertiary/aromatic N) is 2. The standard InChI is InChI=1S/C16H13N3O3/c1-11(12-6-8-14(9-7-12)19(21)22)16(20)18-15-5-3-2-4-13(15)10-17/h2-9,11H,1H3,(H,18,20)/t11-/m0/s1. The summed E-state index contributed by atoms with van der Waals surface area (Å²) in [4.78, 5) is 22.4. The molecule has 0 aliphatic rings. The molecule has 0 fully saturated rings. The van der Waals surface area contributed by atoms with Crippen LogP contribution in [0.5, 0.6) is 0 Å². The third-order valence-corrected chi connectivity index (χ3v) is 3.30. The summed E-state index contributed by atoms with van der Waals surface area (Å²) >= 11 is 0. The van der Waals surface area contributed by atoms with E-state index in [-0.39, 0.29) is 11.6 Å². The van der Waals surface area contributed by atoms with Crippen LogP contribution in [0, 0.1) is 21.4 Å². The Morgan fingerprint density at radius 1 is 1.23 bits per heavy atom. The lowest BCUT2D eigenvalue weighted by Gasteiger charge is -2.13. The average molecular weight is 295 g/mol. The summed E-state index contributed by atoms with van der Waals surface area (Å²) in [5, 5.41) is 22.3. The van der Waals surface area contributed by atoms with Crippen LogP contribution in [0.1, 0.15) is 24.0 Å². The minimum Gasteiger partial charge on any atom is -0.324 e. The molecule has 1 atom stereocenters. The number of benzene rings is 2. The van der Waals surface area contributed by atoms with Crippen LogP contribution in [0.25, 0.3) is 0 Å². The van der Waals surface area contributed by atoms with Crippen LogP contribution in [0.15, 0.2) is 48.5 Å². The van der Waals surface area contributed by atoms with E-state index in [1.165, 1.54) is 12.1 Å². The van der Waals surface area contributed by atoms with Crippen LogP contribution in [0.4, 0.5) is 11.4 Å². The van der Waals surface area contributed by atoms with Crippen molar-refractivity contribution < 1.29 is 9.72 Å². The molecule has 22 heavy (non-hydrogen) atoms. The molecule has 110 valence electrons. The SMILES string of the molecule is C[C@H](C(=O)Nc1ccccc1C#N)c1ccc([N+](=O)[O-])cc1. The predicted octanol–water partition coefficient (Wildman–Crippen LogP) is 3.21. The molecular formula is C16H13N3O3. The number of para-hydroxylation sites is 1. The fourth-order valence-corrected chi connectivity index (χ4v) is 1.97.